The van der Waals surface area contributed by atoms with Gasteiger partial charge in [0, 0.05) is 20.1 Å². The number of hydrogen-bond acceptors (Lipinski definition) is 4. The molecule has 1 fully saturated rings. The topological polar surface area (TPSA) is 69.6 Å². The standard InChI is InChI=1S/C14H20N2O3S/c1-16(13-8-15-9-14(13)17)20(18,19)12-6-5-10-3-2-4-11(10)7-12/h5-7,13-15,17H,2-4,8-9H2,1H3/t13-,14-/m0/s1. The normalized spacial score (nSPS) is 26.1. The minimum Gasteiger partial charge on any atom is -0.390 e. The molecule has 6 heteroatoms. The van der Waals surface area contributed by atoms with Crippen molar-refractivity contribution in [2.45, 2.75) is 36.3 Å². The van der Waals surface area contributed by atoms with Crippen LogP contribution < -0.4 is 5.32 Å². The molecule has 3 rings (SSSR count). The van der Waals surface area contributed by atoms with E-state index in [0.29, 0.717) is 18.0 Å². The highest BCUT2D eigenvalue weighted by Gasteiger charge is 2.35. The van der Waals surface area contributed by atoms with E-state index < -0.39 is 22.2 Å². The van der Waals surface area contributed by atoms with Crippen molar-refractivity contribution in [1.82, 2.24) is 9.62 Å². The number of aliphatic hydroxyl groups excluding tert-OH is 1. The van der Waals surface area contributed by atoms with Gasteiger partial charge >= 0.3 is 0 Å². The van der Waals surface area contributed by atoms with Gasteiger partial charge in [0.05, 0.1) is 17.0 Å². The molecule has 0 amide bonds. The summed E-state index contributed by atoms with van der Waals surface area (Å²) in [7, 11) is -2.00. The molecule has 0 unspecified atom stereocenters. The van der Waals surface area contributed by atoms with Crippen molar-refractivity contribution >= 4 is 10.0 Å². The molecular weight excluding hydrogens is 276 g/mol. The smallest absolute Gasteiger partial charge is 0.243 e. The van der Waals surface area contributed by atoms with E-state index in [1.807, 2.05) is 6.07 Å². The third-order valence-corrected chi connectivity index (χ3v) is 6.24. The average Bonchev–Trinajstić information content (AvgIpc) is 3.05. The molecular formula is C14H20N2O3S. The zero-order valence-corrected chi connectivity index (χ0v) is 12.4. The fraction of sp³-hybridized carbons (Fsp3) is 0.571. The van der Waals surface area contributed by atoms with E-state index in [2.05, 4.69) is 5.32 Å². The van der Waals surface area contributed by atoms with Gasteiger partial charge in [-0.25, -0.2) is 8.42 Å². The van der Waals surface area contributed by atoms with Crippen molar-refractivity contribution in [2.75, 3.05) is 20.1 Å². The lowest BCUT2D eigenvalue weighted by atomic mass is 10.1. The lowest BCUT2D eigenvalue weighted by molar-refractivity contribution is 0.136. The number of likely N-dealkylation sites (N-methyl/N-ethyl adjacent to an activating group) is 1. The second-order valence-corrected chi connectivity index (χ2v) is 7.60. The number of aryl methyl sites for hydroxylation is 2. The van der Waals surface area contributed by atoms with Gasteiger partial charge in [0.25, 0.3) is 0 Å². The van der Waals surface area contributed by atoms with Crippen LogP contribution in [0.5, 0.6) is 0 Å². The van der Waals surface area contributed by atoms with E-state index in [4.69, 9.17) is 0 Å². The highest BCUT2D eigenvalue weighted by molar-refractivity contribution is 7.89. The number of aliphatic hydroxyl groups is 1. The lowest BCUT2D eigenvalue weighted by Gasteiger charge is -2.25. The van der Waals surface area contributed by atoms with Crippen molar-refractivity contribution < 1.29 is 13.5 Å². The van der Waals surface area contributed by atoms with Crippen LogP contribution in [0.4, 0.5) is 0 Å². The highest BCUT2D eigenvalue weighted by atomic mass is 32.2. The van der Waals surface area contributed by atoms with Gasteiger partial charge in [-0.15, -0.1) is 0 Å². The summed E-state index contributed by atoms with van der Waals surface area (Å²) >= 11 is 0. The Morgan fingerprint density at radius 2 is 2.00 bits per heavy atom. The molecule has 0 aromatic heterocycles. The predicted octanol–water partition coefficient (Wildman–Crippen LogP) is 0.129. The Hall–Kier alpha value is -0.950. The van der Waals surface area contributed by atoms with Crippen LogP contribution in [0.15, 0.2) is 23.1 Å². The first kappa shape index (κ1) is 14.0. The van der Waals surface area contributed by atoms with E-state index in [1.54, 1.807) is 19.2 Å². The van der Waals surface area contributed by atoms with Crippen molar-refractivity contribution in [2.24, 2.45) is 0 Å². The summed E-state index contributed by atoms with van der Waals surface area (Å²) in [6.45, 7) is 0.927. The maximum absolute atomic E-state index is 12.7. The second kappa shape index (κ2) is 5.11. The van der Waals surface area contributed by atoms with Crippen molar-refractivity contribution in [3.63, 3.8) is 0 Å². The Balaban J connectivity index is 1.91. The summed E-state index contributed by atoms with van der Waals surface area (Å²) in [5.41, 5.74) is 2.40. The third-order valence-electron chi connectivity index (χ3n) is 4.37. The summed E-state index contributed by atoms with van der Waals surface area (Å²) in [4.78, 5) is 0.333. The van der Waals surface area contributed by atoms with E-state index in [-0.39, 0.29) is 0 Å². The van der Waals surface area contributed by atoms with Gasteiger partial charge in [0.1, 0.15) is 0 Å². The minimum atomic E-state index is -3.54. The van der Waals surface area contributed by atoms with Gasteiger partial charge in [-0.1, -0.05) is 6.07 Å². The van der Waals surface area contributed by atoms with E-state index >= 15 is 0 Å². The lowest BCUT2D eigenvalue weighted by Crippen LogP contribution is -2.44. The van der Waals surface area contributed by atoms with Gasteiger partial charge in [0.15, 0.2) is 0 Å². The first-order valence-electron chi connectivity index (χ1n) is 6.99. The summed E-state index contributed by atoms with van der Waals surface area (Å²) in [6, 6.07) is 5.01. The Kier molecular flexibility index (Phi) is 3.58. The first-order valence-corrected chi connectivity index (χ1v) is 8.43. The SMILES string of the molecule is CN([C@H]1CNC[C@@H]1O)S(=O)(=O)c1ccc2c(c1)CCC2. The van der Waals surface area contributed by atoms with Crippen LogP contribution in [-0.4, -0.2) is 50.1 Å². The predicted molar refractivity (Wildman–Crippen MR) is 76.1 cm³/mol. The third kappa shape index (κ3) is 2.26. The largest absolute Gasteiger partial charge is 0.390 e. The van der Waals surface area contributed by atoms with Crippen LogP contribution >= 0.6 is 0 Å². The summed E-state index contributed by atoms with van der Waals surface area (Å²) in [5.74, 6) is 0. The van der Waals surface area contributed by atoms with Gasteiger partial charge < -0.3 is 10.4 Å². The maximum Gasteiger partial charge on any atom is 0.243 e. The number of rotatable bonds is 3. The van der Waals surface area contributed by atoms with E-state index in [9.17, 15) is 13.5 Å². The molecule has 20 heavy (non-hydrogen) atoms. The molecule has 0 bridgehead atoms. The Morgan fingerprint density at radius 1 is 1.25 bits per heavy atom. The Morgan fingerprint density at radius 3 is 2.70 bits per heavy atom. The molecule has 1 aromatic carbocycles. The fourth-order valence-electron chi connectivity index (χ4n) is 3.08. The molecule has 2 N–H and O–H groups in total. The van der Waals surface area contributed by atoms with Crippen molar-refractivity contribution in [1.29, 1.82) is 0 Å². The molecule has 110 valence electrons. The van der Waals surface area contributed by atoms with Gasteiger partial charge in [-0.05, 0) is 42.5 Å². The second-order valence-electron chi connectivity index (χ2n) is 5.60. The van der Waals surface area contributed by atoms with Crippen LogP contribution in [0.1, 0.15) is 17.5 Å². The molecule has 1 heterocycles. The number of sulfonamides is 1. The maximum atomic E-state index is 12.7. The van der Waals surface area contributed by atoms with Crippen LogP contribution in [0.25, 0.3) is 0 Å². The number of nitrogens with one attached hydrogen (secondary N) is 1. The molecule has 1 saturated heterocycles. The summed E-state index contributed by atoms with van der Waals surface area (Å²) < 4.78 is 26.6. The number of benzene rings is 1. The van der Waals surface area contributed by atoms with Crippen LogP contribution in [0, 0.1) is 0 Å². The van der Waals surface area contributed by atoms with Crippen LogP contribution in [-0.2, 0) is 22.9 Å². The monoisotopic (exact) mass is 296 g/mol. The van der Waals surface area contributed by atoms with Crippen molar-refractivity contribution in [3.8, 4) is 0 Å². The first-order chi connectivity index (χ1) is 9.50. The average molecular weight is 296 g/mol. The highest BCUT2D eigenvalue weighted by Crippen LogP contribution is 2.27. The Labute approximate surface area is 119 Å². The van der Waals surface area contributed by atoms with Gasteiger partial charge in [-0.2, -0.15) is 4.31 Å². The molecule has 1 aliphatic carbocycles. The van der Waals surface area contributed by atoms with Crippen LogP contribution in [0.2, 0.25) is 0 Å². The number of hydrogen-bond donors (Lipinski definition) is 2. The van der Waals surface area contributed by atoms with Crippen molar-refractivity contribution in [3.05, 3.63) is 29.3 Å². The molecule has 5 nitrogen and oxygen atoms in total. The molecule has 2 atom stereocenters. The molecule has 1 aromatic rings. The van der Waals surface area contributed by atoms with Gasteiger partial charge in [-0.3, -0.25) is 0 Å². The molecule has 1 aliphatic heterocycles. The quantitative estimate of drug-likeness (QED) is 0.832. The summed E-state index contributed by atoms with van der Waals surface area (Å²) in [6.07, 6.45) is 2.44. The molecule has 0 radical (unpaired) electrons. The van der Waals surface area contributed by atoms with Gasteiger partial charge in [0.2, 0.25) is 10.0 Å². The minimum absolute atomic E-state index is 0.333. The van der Waals surface area contributed by atoms with E-state index in [1.165, 1.54) is 9.87 Å². The number of fused-ring (bicyclic) bond motifs is 1. The molecule has 0 saturated carbocycles. The van der Waals surface area contributed by atoms with E-state index in [0.717, 1.165) is 24.8 Å². The number of nitrogens with zero attached hydrogens (tertiary/aromatic N) is 1. The number of β-amino-alcohol motifs (C(OH)–C–C–N with tert-alkyl or cyclic N) is 1. The fourth-order valence-corrected chi connectivity index (χ4v) is 4.51. The summed E-state index contributed by atoms with van der Waals surface area (Å²) in [5, 5.41) is 12.9. The molecule has 2 aliphatic rings. The Bertz CT molecular complexity index is 615. The molecule has 0 spiro atoms. The zero-order chi connectivity index (χ0) is 14.3. The zero-order valence-electron chi connectivity index (χ0n) is 11.5. The van der Waals surface area contributed by atoms with Crippen LogP contribution in [0.3, 0.4) is 0 Å².